The highest BCUT2D eigenvalue weighted by molar-refractivity contribution is 5.85. The Bertz CT molecular complexity index is 687. The zero-order valence-corrected chi connectivity index (χ0v) is 16.5. The predicted octanol–water partition coefficient (Wildman–Crippen LogP) is 4.30. The summed E-state index contributed by atoms with van der Waals surface area (Å²) in [5, 5.41) is 3.00. The zero-order valence-electron chi connectivity index (χ0n) is 15.7. The Labute approximate surface area is 162 Å². The smallest absolute Gasteiger partial charge is 0.220 e. The number of rotatable bonds is 8. The number of nitrogens with one attached hydrogen (secondary N) is 1. The van der Waals surface area contributed by atoms with Crippen molar-refractivity contribution in [3.63, 3.8) is 0 Å². The van der Waals surface area contributed by atoms with Gasteiger partial charge in [-0.25, -0.2) is 0 Å². The number of ether oxygens (including phenoxy) is 1. The van der Waals surface area contributed by atoms with Gasteiger partial charge in [0.2, 0.25) is 5.91 Å². The molecular weight excluding hydrogens is 348 g/mol. The number of hydrogen-bond donors (Lipinski definition) is 2. The van der Waals surface area contributed by atoms with Gasteiger partial charge in [0, 0.05) is 12.5 Å². The van der Waals surface area contributed by atoms with Crippen LogP contribution in [-0.2, 0) is 11.4 Å². The van der Waals surface area contributed by atoms with Gasteiger partial charge in [-0.05, 0) is 50.5 Å². The van der Waals surface area contributed by atoms with E-state index in [0.29, 0.717) is 19.4 Å². The van der Waals surface area contributed by atoms with Crippen LogP contribution in [0.15, 0.2) is 48.5 Å². The van der Waals surface area contributed by atoms with Crippen LogP contribution in [-0.4, -0.2) is 11.9 Å². The van der Waals surface area contributed by atoms with Crippen LogP contribution in [0.25, 0.3) is 0 Å². The van der Waals surface area contributed by atoms with Crippen LogP contribution in [0.1, 0.15) is 49.4 Å². The standard InChI is InChI=1S/C21H28N2O2.ClH/c1-15-5-4-6-18(13-15)14-25-20-10-8-19(9-11-20)17(3)23-21(24)12-7-16(2)22;/h4-6,8-11,13,16-17H,7,12,14,22H2,1-3H3,(H,23,24);1H. The van der Waals surface area contributed by atoms with E-state index < -0.39 is 0 Å². The minimum absolute atomic E-state index is 0. The molecule has 0 saturated carbocycles. The quantitative estimate of drug-likeness (QED) is 0.721. The van der Waals surface area contributed by atoms with Crippen molar-refractivity contribution in [3.05, 3.63) is 65.2 Å². The topological polar surface area (TPSA) is 64.3 Å². The molecular formula is C21H29ClN2O2. The lowest BCUT2D eigenvalue weighted by Crippen LogP contribution is -2.28. The number of amides is 1. The number of benzene rings is 2. The Morgan fingerprint density at radius 3 is 2.46 bits per heavy atom. The molecule has 0 aliphatic carbocycles. The zero-order chi connectivity index (χ0) is 18.2. The maximum absolute atomic E-state index is 11.9. The molecule has 0 aliphatic rings. The van der Waals surface area contributed by atoms with Crippen molar-refractivity contribution in [2.75, 3.05) is 0 Å². The van der Waals surface area contributed by atoms with E-state index in [0.717, 1.165) is 16.9 Å². The van der Waals surface area contributed by atoms with Crippen LogP contribution >= 0.6 is 12.4 Å². The largest absolute Gasteiger partial charge is 0.489 e. The number of halogens is 1. The first-order chi connectivity index (χ1) is 11.9. The average molecular weight is 377 g/mol. The summed E-state index contributed by atoms with van der Waals surface area (Å²) in [6, 6.07) is 16.2. The maximum Gasteiger partial charge on any atom is 0.220 e. The van der Waals surface area contributed by atoms with Crippen LogP contribution < -0.4 is 15.8 Å². The number of carbonyl (C=O) groups is 1. The van der Waals surface area contributed by atoms with Gasteiger partial charge < -0.3 is 15.8 Å². The van der Waals surface area contributed by atoms with Crippen LogP contribution in [0, 0.1) is 6.92 Å². The molecule has 2 atom stereocenters. The number of hydrogen-bond acceptors (Lipinski definition) is 3. The Kier molecular flexibility index (Phi) is 9.17. The molecule has 2 aromatic rings. The van der Waals surface area contributed by atoms with Crippen LogP contribution in [0.4, 0.5) is 0 Å². The van der Waals surface area contributed by atoms with Gasteiger partial charge in [-0.2, -0.15) is 0 Å². The van der Waals surface area contributed by atoms with Gasteiger partial charge >= 0.3 is 0 Å². The fourth-order valence-corrected chi connectivity index (χ4v) is 2.58. The molecule has 2 unspecified atom stereocenters. The molecule has 2 rings (SSSR count). The third kappa shape index (κ3) is 7.46. The van der Waals surface area contributed by atoms with Crippen LogP contribution in [0.3, 0.4) is 0 Å². The van der Waals surface area contributed by atoms with E-state index in [1.807, 2.05) is 44.2 Å². The fraction of sp³-hybridized carbons (Fsp3) is 0.381. The Morgan fingerprint density at radius 2 is 1.85 bits per heavy atom. The first-order valence-electron chi connectivity index (χ1n) is 8.77. The molecule has 5 heteroatoms. The Morgan fingerprint density at radius 1 is 1.15 bits per heavy atom. The fourth-order valence-electron chi connectivity index (χ4n) is 2.58. The van der Waals surface area contributed by atoms with Crippen molar-refractivity contribution in [3.8, 4) is 5.75 Å². The van der Waals surface area contributed by atoms with Crippen LogP contribution in [0.5, 0.6) is 5.75 Å². The maximum atomic E-state index is 11.9. The van der Waals surface area contributed by atoms with Crippen molar-refractivity contribution < 1.29 is 9.53 Å². The molecule has 0 spiro atoms. The molecule has 0 heterocycles. The second kappa shape index (κ2) is 10.8. The van der Waals surface area contributed by atoms with Gasteiger partial charge in [0.05, 0.1) is 6.04 Å². The summed E-state index contributed by atoms with van der Waals surface area (Å²) in [6.45, 7) is 6.51. The van der Waals surface area contributed by atoms with Gasteiger partial charge in [0.1, 0.15) is 12.4 Å². The summed E-state index contributed by atoms with van der Waals surface area (Å²) in [6.07, 6.45) is 1.16. The lowest BCUT2D eigenvalue weighted by atomic mass is 10.1. The van der Waals surface area contributed by atoms with Crippen molar-refractivity contribution >= 4 is 18.3 Å². The molecule has 0 saturated heterocycles. The Hall–Kier alpha value is -2.04. The van der Waals surface area contributed by atoms with E-state index in [2.05, 4.69) is 30.4 Å². The number of aryl methyl sites for hydroxylation is 1. The van der Waals surface area contributed by atoms with Gasteiger partial charge in [-0.1, -0.05) is 42.0 Å². The molecule has 3 N–H and O–H groups in total. The minimum atomic E-state index is -0.0357. The highest BCUT2D eigenvalue weighted by Crippen LogP contribution is 2.19. The van der Waals surface area contributed by atoms with Crippen molar-refractivity contribution in [1.82, 2.24) is 5.32 Å². The molecule has 1 amide bonds. The summed E-state index contributed by atoms with van der Waals surface area (Å²) in [4.78, 5) is 11.9. The highest BCUT2D eigenvalue weighted by atomic mass is 35.5. The van der Waals surface area contributed by atoms with Gasteiger partial charge in [-0.15, -0.1) is 12.4 Å². The van der Waals surface area contributed by atoms with E-state index in [1.165, 1.54) is 5.56 Å². The Balaban J connectivity index is 0.00000338. The summed E-state index contributed by atoms with van der Waals surface area (Å²) in [5.41, 5.74) is 9.12. The molecule has 0 fully saturated rings. The second-order valence-corrected chi connectivity index (χ2v) is 6.65. The predicted molar refractivity (Wildman–Crippen MR) is 109 cm³/mol. The van der Waals surface area contributed by atoms with Gasteiger partial charge in [0.25, 0.3) is 0 Å². The van der Waals surface area contributed by atoms with Gasteiger partial charge in [-0.3, -0.25) is 4.79 Å². The average Bonchev–Trinajstić information content (AvgIpc) is 2.58. The number of nitrogens with two attached hydrogens (primary N) is 1. The first kappa shape index (κ1) is 22.0. The highest BCUT2D eigenvalue weighted by Gasteiger charge is 2.10. The van der Waals surface area contributed by atoms with Crippen molar-refractivity contribution in [2.24, 2.45) is 5.73 Å². The SMILES string of the molecule is Cc1cccc(COc2ccc(C(C)NC(=O)CCC(C)N)cc2)c1.Cl. The first-order valence-corrected chi connectivity index (χ1v) is 8.77. The van der Waals surface area contributed by atoms with Crippen molar-refractivity contribution in [1.29, 1.82) is 0 Å². The molecule has 4 nitrogen and oxygen atoms in total. The van der Waals surface area contributed by atoms with Gasteiger partial charge in [0.15, 0.2) is 0 Å². The molecule has 0 radical (unpaired) electrons. The summed E-state index contributed by atoms with van der Waals surface area (Å²) >= 11 is 0. The minimum Gasteiger partial charge on any atom is -0.489 e. The van der Waals surface area contributed by atoms with E-state index >= 15 is 0 Å². The molecule has 0 aromatic heterocycles. The molecule has 2 aromatic carbocycles. The van der Waals surface area contributed by atoms with Crippen molar-refractivity contribution in [2.45, 2.75) is 52.3 Å². The lowest BCUT2D eigenvalue weighted by Gasteiger charge is -2.15. The van der Waals surface area contributed by atoms with E-state index in [4.69, 9.17) is 10.5 Å². The van der Waals surface area contributed by atoms with E-state index in [9.17, 15) is 4.79 Å². The monoisotopic (exact) mass is 376 g/mol. The van der Waals surface area contributed by atoms with Crippen LogP contribution in [0.2, 0.25) is 0 Å². The summed E-state index contributed by atoms with van der Waals surface area (Å²) in [5.74, 6) is 0.852. The van der Waals surface area contributed by atoms with E-state index in [-0.39, 0.29) is 30.4 Å². The third-order valence-electron chi connectivity index (χ3n) is 4.07. The third-order valence-corrected chi connectivity index (χ3v) is 4.07. The molecule has 142 valence electrons. The summed E-state index contributed by atoms with van der Waals surface area (Å²) < 4.78 is 5.83. The number of carbonyl (C=O) groups excluding carboxylic acids is 1. The lowest BCUT2D eigenvalue weighted by molar-refractivity contribution is -0.121. The summed E-state index contributed by atoms with van der Waals surface area (Å²) in [7, 11) is 0. The van der Waals surface area contributed by atoms with E-state index in [1.54, 1.807) is 0 Å². The molecule has 26 heavy (non-hydrogen) atoms. The molecule has 0 bridgehead atoms. The normalized spacial score (nSPS) is 12.6. The second-order valence-electron chi connectivity index (χ2n) is 6.65. The molecule has 0 aliphatic heterocycles.